The normalized spacial score (nSPS) is 25.3. The van der Waals surface area contributed by atoms with Crippen molar-refractivity contribution >= 4 is 5.91 Å². The molecule has 1 aromatic carbocycles. The van der Waals surface area contributed by atoms with Crippen LogP contribution in [-0.4, -0.2) is 65.2 Å². The van der Waals surface area contributed by atoms with Crippen molar-refractivity contribution in [3.8, 4) is 5.75 Å². The van der Waals surface area contributed by atoms with E-state index in [9.17, 15) is 9.90 Å². The first-order valence-electron chi connectivity index (χ1n) is 9.58. The van der Waals surface area contributed by atoms with Gasteiger partial charge < -0.3 is 14.7 Å². The third-order valence-electron chi connectivity index (χ3n) is 5.41. The first-order valence-corrected chi connectivity index (χ1v) is 9.58. The molecular formula is C20H30N2O3. The summed E-state index contributed by atoms with van der Waals surface area (Å²) in [5.74, 6) is 1.05. The first kappa shape index (κ1) is 18.2. The van der Waals surface area contributed by atoms with Gasteiger partial charge in [0.05, 0.1) is 0 Å². The molecule has 3 unspecified atom stereocenters. The molecule has 2 heterocycles. The Hall–Kier alpha value is -1.59. The molecule has 0 spiro atoms. The van der Waals surface area contributed by atoms with Crippen molar-refractivity contribution in [2.75, 3.05) is 26.2 Å². The monoisotopic (exact) mass is 346 g/mol. The maximum Gasteiger partial charge on any atom is 0.222 e. The maximum absolute atomic E-state index is 12.2. The second kappa shape index (κ2) is 8.68. The number of hydrogen-bond acceptors (Lipinski definition) is 4. The van der Waals surface area contributed by atoms with Crippen LogP contribution in [0.3, 0.4) is 0 Å². The first-order chi connectivity index (χ1) is 12.2. The molecule has 5 heteroatoms. The molecule has 2 fully saturated rings. The average molecular weight is 346 g/mol. The predicted octanol–water partition coefficient (Wildman–Crippen LogP) is 2.29. The molecule has 2 aliphatic heterocycles. The second-order valence-electron chi connectivity index (χ2n) is 7.13. The smallest absolute Gasteiger partial charge is 0.222 e. The number of carbonyl (C=O) groups is 1. The third-order valence-corrected chi connectivity index (χ3v) is 5.41. The zero-order valence-corrected chi connectivity index (χ0v) is 15.1. The minimum absolute atomic E-state index is 0.266. The van der Waals surface area contributed by atoms with Gasteiger partial charge in [0.2, 0.25) is 5.91 Å². The van der Waals surface area contributed by atoms with Crippen LogP contribution in [0.1, 0.15) is 39.0 Å². The van der Waals surface area contributed by atoms with Crippen LogP contribution in [0.5, 0.6) is 5.75 Å². The molecule has 5 nitrogen and oxygen atoms in total. The Morgan fingerprint density at radius 3 is 2.68 bits per heavy atom. The third kappa shape index (κ3) is 4.53. The fourth-order valence-electron chi connectivity index (χ4n) is 4.25. The van der Waals surface area contributed by atoms with Gasteiger partial charge in [-0.1, -0.05) is 25.1 Å². The van der Waals surface area contributed by atoms with Gasteiger partial charge in [-0.15, -0.1) is 0 Å². The van der Waals surface area contributed by atoms with Crippen molar-refractivity contribution in [1.29, 1.82) is 0 Å². The van der Waals surface area contributed by atoms with Crippen molar-refractivity contribution in [3.05, 3.63) is 30.3 Å². The van der Waals surface area contributed by atoms with Gasteiger partial charge in [-0.3, -0.25) is 9.69 Å². The van der Waals surface area contributed by atoms with E-state index in [0.717, 1.165) is 44.5 Å². The fourth-order valence-corrected chi connectivity index (χ4v) is 4.25. The summed E-state index contributed by atoms with van der Waals surface area (Å²) >= 11 is 0. The molecule has 1 aromatic rings. The zero-order chi connectivity index (χ0) is 17.6. The lowest BCUT2D eigenvalue weighted by molar-refractivity contribution is -0.132. The molecule has 25 heavy (non-hydrogen) atoms. The van der Waals surface area contributed by atoms with Crippen LogP contribution in [0, 0.1) is 0 Å². The Kier molecular flexibility index (Phi) is 6.32. The number of amides is 1. The quantitative estimate of drug-likeness (QED) is 0.823. The lowest BCUT2D eigenvalue weighted by atomic mass is 10.0. The van der Waals surface area contributed by atoms with Crippen LogP contribution in [-0.2, 0) is 4.79 Å². The van der Waals surface area contributed by atoms with Gasteiger partial charge in [-0.2, -0.15) is 0 Å². The van der Waals surface area contributed by atoms with Gasteiger partial charge in [-0.05, 0) is 44.4 Å². The van der Waals surface area contributed by atoms with Crippen LogP contribution in [0.25, 0.3) is 0 Å². The van der Waals surface area contributed by atoms with Gasteiger partial charge in [-0.25, -0.2) is 0 Å². The van der Waals surface area contributed by atoms with Crippen LogP contribution in [0.15, 0.2) is 30.3 Å². The van der Waals surface area contributed by atoms with Crippen molar-refractivity contribution in [3.63, 3.8) is 0 Å². The largest absolute Gasteiger partial charge is 0.491 e. The molecule has 1 amide bonds. The molecule has 3 rings (SSSR count). The van der Waals surface area contributed by atoms with Crippen molar-refractivity contribution in [1.82, 2.24) is 9.80 Å². The highest BCUT2D eigenvalue weighted by Gasteiger charge is 2.39. The second-order valence-corrected chi connectivity index (χ2v) is 7.13. The lowest BCUT2D eigenvalue weighted by Crippen LogP contribution is -2.50. The highest BCUT2D eigenvalue weighted by molar-refractivity contribution is 5.76. The van der Waals surface area contributed by atoms with E-state index in [1.165, 1.54) is 0 Å². The van der Waals surface area contributed by atoms with Gasteiger partial charge in [0, 0.05) is 31.6 Å². The molecular weight excluding hydrogens is 316 g/mol. The van der Waals surface area contributed by atoms with Crippen LogP contribution in [0.4, 0.5) is 0 Å². The van der Waals surface area contributed by atoms with Gasteiger partial charge in [0.15, 0.2) is 0 Å². The number of aliphatic hydroxyl groups is 1. The summed E-state index contributed by atoms with van der Waals surface area (Å²) in [6.45, 7) is 4.74. The minimum atomic E-state index is -0.516. The highest BCUT2D eigenvalue weighted by atomic mass is 16.5. The Balaban J connectivity index is 1.53. The minimum Gasteiger partial charge on any atom is -0.491 e. The zero-order valence-electron chi connectivity index (χ0n) is 15.1. The number of nitrogens with zero attached hydrogens (tertiary/aromatic N) is 2. The van der Waals surface area contributed by atoms with Crippen LogP contribution >= 0.6 is 0 Å². The van der Waals surface area contributed by atoms with Gasteiger partial charge in [0.1, 0.15) is 18.5 Å². The number of para-hydroxylation sites is 1. The maximum atomic E-state index is 12.2. The number of β-amino-alcohol motifs (C(OH)–C–C–N with tert-alkyl or cyclic N) is 1. The number of aliphatic hydroxyl groups excluding tert-OH is 1. The van der Waals surface area contributed by atoms with E-state index in [4.69, 9.17) is 4.74 Å². The summed E-state index contributed by atoms with van der Waals surface area (Å²) < 4.78 is 5.67. The molecule has 2 aliphatic rings. The summed E-state index contributed by atoms with van der Waals surface area (Å²) in [5.41, 5.74) is 0. The van der Waals surface area contributed by atoms with E-state index in [1.54, 1.807) is 0 Å². The molecule has 0 saturated carbocycles. The van der Waals surface area contributed by atoms with E-state index in [2.05, 4.69) is 9.80 Å². The summed E-state index contributed by atoms with van der Waals surface area (Å²) in [7, 11) is 0. The highest BCUT2D eigenvalue weighted by Crippen LogP contribution is 2.30. The van der Waals surface area contributed by atoms with E-state index in [-0.39, 0.29) is 5.91 Å². The summed E-state index contributed by atoms with van der Waals surface area (Å²) in [4.78, 5) is 16.7. The van der Waals surface area contributed by atoms with Crippen molar-refractivity contribution in [2.24, 2.45) is 0 Å². The molecule has 1 N–H and O–H groups in total. The molecule has 2 saturated heterocycles. The standard InChI is InChI=1S/C20H30N2O3/c1-2-20(24)22-13-7-11-19(22)18-10-6-12-21(18)14-16(23)15-25-17-8-4-3-5-9-17/h3-5,8-9,16,18-19,23H,2,6-7,10-15H2,1H3. The number of rotatable bonds is 7. The summed E-state index contributed by atoms with van der Waals surface area (Å²) in [6.07, 6.45) is 4.50. The molecule has 0 bridgehead atoms. The fraction of sp³-hybridized carbons (Fsp3) is 0.650. The van der Waals surface area contributed by atoms with Crippen molar-refractivity contribution < 1.29 is 14.6 Å². The Bertz CT molecular complexity index is 551. The Morgan fingerprint density at radius 2 is 1.92 bits per heavy atom. The Morgan fingerprint density at radius 1 is 1.20 bits per heavy atom. The van der Waals surface area contributed by atoms with E-state index < -0.39 is 6.10 Å². The number of ether oxygens (including phenoxy) is 1. The SMILES string of the molecule is CCC(=O)N1CCCC1C1CCCN1CC(O)COc1ccccc1. The summed E-state index contributed by atoms with van der Waals surface area (Å²) in [6, 6.07) is 10.3. The number of benzene rings is 1. The molecule has 0 aromatic heterocycles. The van der Waals surface area contributed by atoms with Crippen LogP contribution < -0.4 is 4.74 Å². The lowest BCUT2D eigenvalue weighted by Gasteiger charge is -2.35. The topological polar surface area (TPSA) is 53.0 Å². The number of likely N-dealkylation sites (tertiary alicyclic amines) is 2. The van der Waals surface area contributed by atoms with E-state index >= 15 is 0 Å². The summed E-state index contributed by atoms with van der Waals surface area (Å²) in [5, 5.41) is 10.4. The number of carbonyl (C=O) groups excluding carboxylic acids is 1. The van der Waals surface area contributed by atoms with E-state index in [0.29, 0.717) is 31.7 Å². The molecule has 138 valence electrons. The molecule has 3 atom stereocenters. The predicted molar refractivity (Wildman–Crippen MR) is 97.6 cm³/mol. The van der Waals surface area contributed by atoms with Crippen molar-refractivity contribution in [2.45, 2.75) is 57.2 Å². The molecule has 0 radical (unpaired) electrons. The van der Waals surface area contributed by atoms with Gasteiger partial charge >= 0.3 is 0 Å². The average Bonchev–Trinajstić information content (AvgIpc) is 3.29. The van der Waals surface area contributed by atoms with E-state index in [1.807, 2.05) is 37.3 Å². The van der Waals surface area contributed by atoms with Gasteiger partial charge in [0.25, 0.3) is 0 Å². The van der Waals surface area contributed by atoms with Crippen LogP contribution in [0.2, 0.25) is 0 Å². The number of hydrogen-bond donors (Lipinski definition) is 1. The Labute approximate surface area is 150 Å². The molecule has 0 aliphatic carbocycles.